The van der Waals surface area contributed by atoms with Crippen LogP contribution in [0.3, 0.4) is 0 Å². The zero-order chi connectivity index (χ0) is 12.6. The van der Waals surface area contributed by atoms with E-state index in [4.69, 9.17) is 9.52 Å². The molecule has 1 N–H and O–H groups in total. The van der Waals surface area contributed by atoms with Crippen molar-refractivity contribution in [2.75, 3.05) is 0 Å². The van der Waals surface area contributed by atoms with Gasteiger partial charge in [0.2, 0.25) is 0 Å². The Morgan fingerprint density at radius 2 is 2.18 bits per heavy atom. The van der Waals surface area contributed by atoms with Crippen molar-refractivity contribution in [1.29, 1.82) is 0 Å². The molecule has 0 aromatic carbocycles. The summed E-state index contributed by atoms with van der Waals surface area (Å²) in [6, 6.07) is 0. The third kappa shape index (κ3) is 2.21. The second-order valence-corrected chi connectivity index (χ2v) is 5.55. The molecule has 1 aromatic heterocycles. The van der Waals surface area contributed by atoms with Crippen molar-refractivity contribution in [2.45, 2.75) is 52.4 Å². The van der Waals surface area contributed by atoms with Gasteiger partial charge in [0.25, 0.3) is 0 Å². The molecular weight excluding hydrogens is 218 g/mol. The van der Waals surface area contributed by atoms with Gasteiger partial charge < -0.3 is 9.52 Å². The standard InChI is InChI=1S/C13H19NO3/c1-8-10(12(15)16)14-11(17-8)9-6-4-5-7-13(9,2)3/h9H,4-7H2,1-3H3,(H,15,16). The Balaban J connectivity index is 2.33. The van der Waals surface area contributed by atoms with Crippen LogP contribution in [0, 0.1) is 12.3 Å². The molecule has 1 atom stereocenters. The Labute approximate surface area is 101 Å². The molecule has 1 aromatic rings. The lowest BCUT2D eigenvalue weighted by Crippen LogP contribution is -2.26. The lowest BCUT2D eigenvalue weighted by atomic mass is 9.69. The van der Waals surface area contributed by atoms with Crippen molar-refractivity contribution >= 4 is 5.97 Å². The largest absolute Gasteiger partial charge is 0.476 e. The Morgan fingerprint density at radius 3 is 2.71 bits per heavy atom. The number of rotatable bonds is 2. The molecule has 1 aliphatic carbocycles. The lowest BCUT2D eigenvalue weighted by Gasteiger charge is -2.36. The number of oxazole rings is 1. The molecule has 0 bridgehead atoms. The molecule has 1 saturated carbocycles. The summed E-state index contributed by atoms with van der Waals surface area (Å²) in [5, 5.41) is 8.98. The molecule has 1 fully saturated rings. The number of aromatic carboxylic acids is 1. The van der Waals surface area contributed by atoms with Crippen LogP contribution in [-0.2, 0) is 0 Å². The molecule has 0 saturated heterocycles. The van der Waals surface area contributed by atoms with Crippen LogP contribution >= 0.6 is 0 Å². The van der Waals surface area contributed by atoms with Crippen LogP contribution in [0.25, 0.3) is 0 Å². The minimum atomic E-state index is -1.01. The molecule has 1 aliphatic rings. The van der Waals surface area contributed by atoms with Crippen molar-refractivity contribution in [3.05, 3.63) is 17.3 Å². The van der Waals surface area contributed by atoms with E-state index in [1.54, 1.807) is 6.92 Å². The summed E-state index contributed by atoms with van der Waals surface area (Å²) in [5.41, 5.74) is 0.201. The first kappa shape index (κ1) is 12.1. The fourth-order valence-corrected chi connectivity index (χ4v) is 2.72. The maximum absolute atomic E-state index is 11.0. The minimum Gasteiger partial charge on any atom is -0.476 e. The lowest BCUT2D eigenvalue weighted by molar-refractivity contribution is 0.0689. The van der Waals surface area contributed by atoms with E-state index in [9.17, 15) is 4.79 Å². The number of carboxylic acid groups (broad SMARTS) is 1. The highest BCUT2D eigenvalue weighted by Gasteiger charge is 2.37. The van der Waals surface area contributed by atoms with E-state index < -0.39 is 5.97 Å². The predicted molar refractivity (Wildman–Crippen MR) is 63.2 cm³/mol. The zero-order valence-electron chi connectivity index (χ0n) is 10.6. The van der Waals surface area contributed by atoms with Crippen molar-refractivity contribution in [3.8, 4) is 0 Å². The summed E-state index contributed by atoms with van der Waals surface area (Å²) in [6.07, 6.45) is 4.57. The van der Waals surface area contributed by atoms with E-state index in [0.717, 1.165) is 19.3 Å². The highest BCUT2D eigenvalue weighted by Crippen LogP contribution is 2.46. The van der Waals surface area contributed by atoms with Gasteiger partial charge >= 0.3 is 5.97 Å². The zero-order valence-corrected chi connectivity index (χ0v) is 10.6. The third-order valence-electron chi connectivity index (χ3n) is 3.82. The van der Waals surface area contributed by atoms with Crippen molar-refractivity contribution in [2.24, 2.45) is 5.41 Å². The van der Waals surface area contributed by atoms with Crippen LogP contribution in [-0.4, -0.2) is 16.1 Å². The van der Waals surface area contributed by atoms with E-state index in [1.165, 1.54) is 6.42 Å². The Kier molecular flexibility index (Phi) is 2.98. The Bertz CT molecular complexity index is 434. The summed E-state index contributed by atoms with van der Waals surface area (Å²) in [7, 11) is 0. The van der Waals surface area contributed by atoms with Gasteiger partial charge in [0, 0.05) is 5.92 Å². The predicted octanol–water partition coefficient (Wildman–Crippen LogP) is 3.37. The summed E-state index contributed by atoms with van der Waals surface area (Å²) in [4.78, 5) is 15.1. The van der Waals surface area contributed by atoms with Gasteiger partial charge in [0.1, 0.15) is 5.76 Å². The number of nitrogens with zero attached hydrogens (tertiary/aromatic N) is 1. The number of aryl methyl sites for hydroxylation is 1. The van der Waals surface area contributed by atoms with Gasteiger partial charge in [-0.1, -0.05) is 26.7 Å². The van der Waals surface area contributed by atoms with E-state index >= 15 is 0 Å². The first-order valence-corrected chi connectivity index (χ1v) is 6.12. The molecule has 0 spiro atoms. The van der Waals surface area contributed by atoms with Crippen LogP contribution in [0.4, 0.5) is 0 Å². The number of carbonyl (C=O) groups is 1. The molecular formula is C13H19NO3. The molecule has 4 heteroatoms. The molecule has 4 nitrogen and oxygen atoms in total. The van der Waals surface area contributed by atoms with Crippen molar-refractivity contribution < 1.29 is 14.3 Å². The van der Waals surface area contributed by atoms with Crippen molar-refractivity contribution in [3.63, 3.8) is 0 Å². The molecule has 0 radical (unpaired) electrons. The van der Waals surface area contributed by atoms with Gasteiger partial charge in [-0.25, -0.2) is 9.78 Å². The molecule has 94 valence electrons. The van der Waals surface area contributed by atoms with Crippen molar-refractivity contribution in [1.82, 2.24) is 4.98 Å². The smallest absolute Gasteiger partial charge is 0.358 e. The summed E-state index contributed by atoms with van der Waals surface area (Å²) < 4.78 is 5.56. The van der Waals surface area contributed by atoms with E-state index in [1.807, 2.05) is 0 Å². The Hall–Kier alpha value is -1.32. The monoisotopic (exact) mass is 237 g/mol. The maximum atomic E-state index is 11.0. The number of hydrogen-bond donors (Lipinski definition) is 1. The highest BCUT2D eigenvalue weighted by molar-refractivity contribution is 5.86. The Morgan fingerprint density at radius 1 is 1.47 bits per heavy atom. The van der Waals surface area contributed by atoms with Crippen LogP contribution in [0.2, 0.25) is 0 Å². The number of carboxylic acids is 1. The van der Waals surface area contributed by atoms with Gasteiger partial charge in [-0.3, -0.25) is 0 Å². The molecule has 17 heavy (non-hydrogen) atoms. The summed E-state index contributed by atoms with van der Waals surface area (Å²) in [5.74, 6) is 0.243. The highest BCUT2D eigenvalue weighted by atomic mass is 16.4. The minimum absolute atomic E-state index is 0.0568. The van der Waals surface area contributed by atoms with E-state index in [-0.39, 0.29) is 17.0 Å². The molecule has 1 heterocycles. The van der Waals surface area contributed by atoms with Gasteiger partial charge in [0.15, 0.2) is 11.6 Å². The van der Waals surface area contributed by atoms with Gasteiger partial charge in [-0.15, -0.1) is 0 Å². The van der Waals surface area contributed by atoms with Crippen LogP contribution in [0.5, 0.6) is 0 Å². The molecule has 0 amide bonds. The average Bonchev–Trinajstić information content (AvgIpc) is 2.59. The second kappa shape index (κ2) is 4.17. The van der Waals surface area contributed by atoms with E-state index in [2.05, 4.69) is 18.8 Å². The first-order valence-electron chi connectivity index (χ1n) is 6.12. The molecule has 1 unspecified atom stereocenters. The average molecular weight is 237 g/mol. The van der Waals surface area contributed by atoms with Crippen LogP contribution in [0.1, 0.15) is 67.6 Å². The van der Waals surface area contributed by atoms with Gasteiger partial charge in [0.05, 0.1) is 0 Å². The van der Waals surface area contributed by atoms with E-state index in [0.29, 0.717) is 11.7 Å². The summed E-state index contributed by atoms with van der Waals surface area (Å²) in [6.45, 7) is 6.07. The second-order valence-electron chi connectivity index (χ2n) is 5.55. The molecule has 2 rings (SSSR count). The fraction of sp³-hybridized carbons (Fsp3) is 0.692. The third-order valence-corrected chi connectivity index (χ3v) is 3.82. The number of aromatic nitrogens is 1. The summed E-state index contributed by atoms with van der Waals surface area (Å²) >= 11 is 0. The maximum Gasteiger partial charge on any atom is 0.358 e. The quantitative estimate of drug-likeness (QED) is 0.856. The first-order chi connectivity index (χ1) is 7.92. The van der Waals surface area contributed by atoms with Crippen LogP contribution < -0.4 is 0 Å². The van der Waals surface area contributed by atoms with Gasteiger partial charge in [-0.2, -0.15) is 0 Å². The topological polar surface area (TPSA) is 63.3 Å². The fourth-order valence-electron chi connectivity index (χ4n) is 2.72. The van der Waals surface area contributed by atoms with Gasteiger partial charge in [-0.05, 0) is 25.2 Å². The normalized spacial score (nSPS) is 23.6. The SMILES string of the molecule is Cc1oc(C2CCCCC2(C)C)nc1C(=O)O. The van der Waals surface area contributed by atoms with Crippen LogP contribution in [0.15, 0.2) is 4.42 Å². The number of hydrogen-bond acceptors (Lipinski definition) is 3. The molecule has 0 aliphatic heterocycles.